The van der Waals surface area contributed by atoms with E-state index in [1.807, 2.05) is 0 Å². The average molecular weight is 507 g/mol. The van der Waals surface area contributed by atoms with Gasteiger partial charge in [0.25, 0.3) is 0 Å². The number of amides is 1. The van der Waals surface area contributed by atoms with Crippen molar-refractivity contribution in [1.82, 2.24) is 19.7 Å². The molecule has 2 aromatic carbocycles. The van der Waals surface area contributed by atoms with Crippen LogP contribution in [0.1, 0.15) is 43.2 Å². The molecule has 0 spiro atoms. The topological polar surface area (TPSA) is 68.9 Å². The maximum absolute atomic E-state index is 13.2. The third kappa shape index (κ3) is 6.33. The first-order valence-electron chi connectivity index (χ1n) is 11.6. The minimum absolute atomic E-state index is 0.0929. The number of nitrogens with one attached hydrogen (secondary N) is 1. The molecular weight excluding hydrogens is 481 g/mol. The van der Waals surface area contributed by atoms with Gasteiger partial charge >= 0.3 is 11.9 Å². The first kappa shape index (κ1) is 25.0. The van der Waals surface area contributed by atoms with E-state index in [-0.39, 0.29) is 13.1 Å². The Balaban J connectivity index is 1.52. The summed E-state index contributed by atoms with van der Waals surface area (Å²) in [6.45, 7) is 0.0863. The molecule has 1 N–H and O–H groups in total. The zero-order valence-corrected chi connectivity index (χ0v) is 19.8. The number of hydrogen-bond acceptors (Lipinski definition) is 3. The number of carbonyl (C=O) groups is 1. The molecule has 4 rings (SSSR count). The van der Waals surface area contributed by atoms with Crippen LogP contribution in [-0.2, 0) is 30.6 Å². The van der Waals surface area contributed by atoms with Gasteiger partial charge in [-0.2, -0.15) is 13.2 Å². The number of alkyl halides is 3. The van der Waals surface area contributed by atoms with Gasteiger partial charge in [-0.05, 0) is 60.7 Å². The Morgan fingerprint density at radius 2 is 1.80 bits per heavy atom. The van der Waals surface area contributed by atoms with Gasteiger partial charge in [-0.25, -0.2) is 9.48 Å². The van der Waals surface area contributed by atoms with Crippen LogP contribution in [0, 0.1) is 5.92 Å². The summed E-state index contributed by atoms with van der Waals surface area (Å²) in [5.74, 6) is 0.303. The van der Waals surface area contributed by atoms with Crippen molar-refractivity contribution >= 4 is 17.5 Å². The molecule has 0 unspecified atom stereocenters. The summed E-state index contributed by atoms with van der Waals surface area (Å²) in [4.78, 5) is 25.8. The maximum Gasteiger partial charge on any atom is 0.416 e. The lowest BCUT2D eigenvalue weighted by Crippen LogP contribution is -2.34. The van der Waals surface area contributed by atoms with Gasteiger partial charge in [-0.3, -0.25) is 9.36 Å². The van der Waals surface area contributed by atoms with E-state index in [2.05, 4.69) is 10.4 Å². The summed E-state index contributed by atoms with van der Waals surface area (Å²) < 4.78 is 41.5. The molecule has 3 aromatic rings. The monoisotopic (exact) mass is 506 g/mol. The SMILES string of the molecule is O=C(Cn1nc(-c2ccc(Cl)cc2)n(CC2CCCCC2)c1=O)NCc1cccc(C(F)(F)F)c1. The van der Waals surface area contributed by atoms with Crippen LogP contribution in [0.25, 0.3) is 11.4 Å². The van der Waals surface area contributed by atoms with E-state index in [1.165, 1.54) is 18.6 Å². The van der Waals surface area contributed by atoms with Crippen LogP contribution in [0.3, 0.4) is 0 Å². The van der Waals surface area contributed by atoms with E-state index < -0.39 is 23.3 Å². The number of halogens is 4. The summed E-state index contributed by atoms with van der Waals surface area (Å²) in [7, 11) is 0. The summed E-state index contributed by atoms with van der Waals surface area (Å²) in [5, 5.41) is 7.57. The van der Waals surface area contributed by atoms with Crippen molar-refractivity contribution in [2.24, 2.45) is 5.92 Å². The van der Waals surface area contributed by atoms with Crippen LogP contribution in [0.5, 0.6) is 0 Å². The molecule has 0 radical (unpaired) electrons. The molecule has 186 valence electrons. The molecule has 35 heavy (non-hydrogen) atoms. The Labute approximate surface area is 205 Å². The normalized spacial score (nSPS) is 14.7. The van der Waals surface area contributed by atoms with Crippen LogP contribution in [0.4, 0.5) is 13.2 Å². The number of benzene rings is 2. The molecular formula is C25H26ClF3N4O2. The van der Waals surface area contributed by atoms with Crippen molar-refractivity contribution in [3.63, 3.8) is 0 Å². The van der Waals surface area contributed by atoms with E-state index in [1.54, 1.807) is 28.8 Å². The third-order valence-electron chi connectivity index (χ3n) is 6.23. The second-order valence-electron chi connectivity index (χ2n) is 8.86. The summed E-state index contributed by atoms with van der Waals surface area (Å²) >= 11 is 6.01. The number of hydrogen-bond donors (Lipinski definition) is 1. The molecule has 0 atom stereocenters. The Hall–Kier alpha value is -3.07. The van der Waals surface area contributed by atoms with Gasteiger partial charge in [-0.15, -0.1) is 5.10 Å². The number of aromatic nitrogens is 3. The fourth-order valence-electron chi connectivity index (χ4n) is 4.40. The predicted octanol–water partition coefficient (Wildman–Crippen LogP) is 5.28. The highest BCUT2D eigenvalue weighted by atomic mass is 35.5. The summed E-state index contributed by atoms with van der Waals surface area (Å²) in [6, 6.07) is 11.7. The van der Waals surface area contributed by atoms with Gasteiger partial charge in [0, 0.05) is 23.7 Å². The standard InChI is InChI=1S/C25H26ClF3N4O2/c26-21-11-9-19(10-12-21)23-31-33(24(35)32(23)15-17-5-2-1-3-6-17)16-22(34)30-14-18-7-4-8-20(13-18)25(27,28)29/h4,7-13,17H,1-3,5-6,14-16H2,(H,30,34). The molecule has 0 bridgehead atoms. The van der Waals surface area contributed by atoms with Gasteiger partial charge in [-0.1, -0.05) is 43.0 Å². The molecule has 1 amide bonds. The molecule has 1 fully saturated rings. The number of rotatable bonds is 7. The quantitative estimate of drug-likeness (QED) is 0.474. The van der Waals surface area contributed by atoms with Gasteiger partial charge < -0.3 is 5.32 Å². The van der Waals surface area contributed by atoms with Crippen molar-refractivity contribution in [2.45, 2.75) is 57.9 Å². The van der Waals surface area contributed by atoms with Gasteiger partial charge in [0.1, 0.15) is 6.54 Å². The van der Waals surface area contributed by atoms with Crippen LogP contribution < -0.4 is 11.0 Å². The zero-order chi connectivity index (χ0) is 25.0. The Morgan fingerprint density at radius 1 is 1.09 bits per heavy atom. The van der Waals surface area contributed by atoms with E-state index in [9.17, 15) is 22.8 Å². The highest BCUT2D eigenvalue weighted by molar-refractivity contribution is 6.30. The predicted molar refractivity (Wildman–Crippen MR) is 127 cm³/mol. The smallest absolute Gasteiger partial charge is 0.350 e. The van der Waals surface area contributed by atoms with Gasteiger partial charge in [0.2, 0.25) is 5.91 Å². The average Bonchev–Trinajstić information content (AvgIpc) is 3.13. The van der Waals surface area contributed by atoms with Crippen LogP contribution in [0.2, 0.25) is 5.02 Å². The number of nitrogens with zero attached hydrogens (tertiary/aromatic N) is 3. The van der Waals surface area contributed by atoms with Gasteiger partial charge in [0.15, 0.2) is 5.82 Å². The molecule has 1 aromatic heterocycles. The molecule has 10 heteroatoms. The third-order valence-corrected chi connectivity index (χ3v) is 6.48. The fraction of sp³-hybridized carbons (Fsp3) is 0.400. The van der Waals surface area contributed by atoms with Crippen LogP contribution >= 0.6 is 11.6 Å². The molecule has 0 saturated heterocycles. The maximum atomic E-state index is 13.2. The minimum Gasteiger partial charge on any atom is -0.350 e. The minimum atomic E-state index is -4.46. The lowest BCUT2D eigenvalue weighted by atomic mass is 9.89. The molecule has 1 saturated carbocycles. The van der Waals surface area contributed by atoms with Crippen molar-refractivity contribution in [1.29, 1.82) is 0 Å². The number of carbonyl (C=O) groups excluding carboxylic acids is 1. The first-order chi connectivity index (χ1) is 16.7. The Bertz CT molecular complexity index is 1230. The summed E-state index contributed by atoms with van der Waals surface area (Å²) in [6.07, 6.45) is 1.06. The van der Waals surface area contributed by atoms with E-state index >= 15 is 0 Å². The van der Waals surface area contributed by atoms with E-state index in [4.69, 9.17) is 11.6 Å². The molecule has 1 aliphatic rings. The lowest BCUT2D eigenvalue weighted by molar-refractivity contribution is -0.137. The van der Waals surface area contributed by atoms with E-state index in [0.717, 1.165) is 42.5 Å². The Morgan fingerprint density at radius 3 is 2.49 bits per heavy atom. The second kappa shape index (κ2) is 10.7. The highest BCUT2D eigenvalue weighted by Crippen LogP contribution is 2.29. The largest absolute Gasteiger partial charge is 0.416 e. The first-order valence-corrected chi connectivity index (χ1v) is 11.9. The van der Waals surface area contributed by atoms with Crippen LogP contribution in [0.15, 0.2) is 53.3 Å². The van der Waals surface area contributed by atoms with Crippen LogP contribution in [-0.4, -0.2) is 20.3 Å². The van der Waals surface area contributed by atoms with Crippen molar-refractivity contribution in [2.75, 3.05) is 0 Å². The van der Waals surface area contributed by atoms with E-state index in [0.29, 0.717) is 34.4 Å². The fourth-order valence-corrected chi connectivity index (χ4v) is 4.53. The summed E-state index contributed by atoms with van der Waals surface area (Å²) in [5.41, 5.74) is -0.153. The van der Waals surface area contributed by atoms with Crippen molar-refractivity contribution < 1.29 is 18.0 Å². The Kier molecular flexibility index (Phi) is 7.64. The van der Waals surface area contributed by atoms with Gasteiger partial charge in [0.05, 0.1) is 5.56 Å². The lowest BCUT2D eigenvalue weighted by Gasteiger charge is -2.22. The zero-order valence-electron chi connectivity index (χ0n) is 19.0. The van der Waals surface area contributed by atoms with Crippen molar-refractivity contribution in [3.8, 4) is 11.4 Å². The molecule has 6 nitrogen and oxygen atoms in total. The van der Waals surface area contributed by atoms with Crippen molar-refractivity contribution in [3.05, 3.63) is 75.2 Å². The highest BCUT2D eigenvalue weighted by Gasteiger charge is 2.30. The molecule has 1 heterocycles. The molecule has 0 aliphatic heterocycles. The molecule has 1 aliphatic carbocycles. The second-order valence-corrected chi connectivity index (χ2v) is 9.30.